The highest BCUT2D eigenvalue weighted by molar-refractivity contribution is 7.90. The number of sulfonamides is 1. The van der Waals surface area contributed by atoms with Crippen molar-refractivity contribution < 1.29 is 18.3 Å². The maximum absolute atomic E-state index is 11.9. The van der Waals surface area contributed by atoms with Crippen molar-refractivity contribution in [2.75, 3.05) is 13.6 Å². The average molecular weight is 283 g/mol. The van der Waals surface area contributed by atoms with Gasteiger partial charge in [0.1, 0.15) is 0 Å². The van der Waals surface area contributed by atoms with Crippen molar-refractivity contribution >= 4 is 16.0 Å². The monoisotopic (exact) mass is 283 g/mol. The molecule has 1 aromatic carbocycles. The molecule has 0 heterocycles. The normalized spacial score (nSPS) is 15.7. The standard InChI is InChI=1S/C13H17NO4S/c1-14(19(17,18)11-6-7-11)9-8-10-4-2-3-5-12(10)13(15)16/h2-5,11H,6-9H2,1H3,(H,15,16). The van der Waals surface area contributed by atoms with Crippen molar-refractivity contribution in [2.45, 2.75) is 24.5 Å². The van der Waals surface area contributed by atoms with E-state index < -0.39 is 16.0 Å². The van der Waals surface area contributed by atoms with Crippen LogP contribution >= 0.6 is 0 Å². The zero-order chi connectivity index (χ0) is 14.0. The van der Waals surface area contributed by atoms with Gasteiger partial charge in [0.25, 0.3) is 0 Å². The number of rotatable bonds is 6. The third kappa shape index (κ3) is 3.13. The summed E-state index contributed by atoms with van der Waals surface area (Å²) in [6, 6.07) is 6.68. The Bertz CT molecular complexity index is 578. The summed E-state index contributed by atoms with van der Waals surface area (Å²) in [7, 11) is -1.63. The van der Waals surface area contributed by atoms with Gasteiger partial charge in [-0.1, -0.05) is 18.2 Å². The topological polar surface area (TPSA) is 74.7 Å². The summed E-state index contributed by atoms with van der Waals surface area (Å²) in [4.78, 5) is 11.0. The second-order valence-corrected chi connectivity index (χ2v) is 7.10. The van der Waals surface area contributed by atoms with Crippen LogP contribution in [0.2, 0.25) is 0 Å². The Kier molecular flexibility index (Phi) is 3.91. The zero-order valence-electron chi connectivity index (χ0n) is 10.7. The van der Waals surface area contributed by atoms with Gasteiger partial charge >= 0.3 is 5.97 Å². The van der Waals surface area contributed by atoms with Gasteiger partial charge in [-0.3, -0.25) is 0 Å². The van der Waals surface area contributed by atoms with Crippen LogP contribution in [0.3, 0.4) is 0 Å². The van der Waals surface area contributed by atoms with Crippen LogP contribution in [0.5, 0.6) is 0 Å². The number of hydrogen-bond acceptors (Lipinski definition) is 3. The summed E-state index contributed by atoms with van der Waals surface area (Å²) >= 11 is 0. The molecule has 1 saturated carbocycles. The highest BCUT2D eigenvalue weighted by Gasteiger charge is 2.38. The van der Waals surface area contributed by atoms with Crippen molar-refractivity contribution in [3.05, 3.63) is 35.4 Å². The first-order chi connectivity index (χ1) is 8.93. The largest absolute Gasteiger partial charge is 0.478 e. The summed E-state index contributed by atoms with van der Waals surface area (Å²) in [6.45, 7) is 0.309. The predicted molar refractivity (Wildman–Crippen MR) is 71.7 cm³/mol. The Balaban J connectivity index is 2.05. The first-order valence-electron chi connectivity index (χ1n) is 6.19. The lowest BCUT2D eigenvalue weighted by Crippen LogP contribution is -2.32. The van der Waals surface area contributed by atoms with Crippen molar-refractivity contribution in [1.82, 2.24) is 4.31 Å². The molecule has 2 rings (SSSR count). The lowest BCUT2D eigenvalue weighted by Gasteiger charge is -2.17. The van der Waals surface area contributed by atoms with Gasteiger partial charge in [-0.2, -0.15) is 0 Å². The van der Waals surface area contributed by atoms with Crippen LogP contribution in [0.15, 0.2) is 24.3 Å². The van der Waals surface area contributed by atoms with E-state index in [-0.39, 0.29) is 10.8 Å². The quantitative estimate of drug-likeness (QED) is 0.855. The molecule has 0 aliphatic heterocycles. The second-order valence-electron chi connectivity index (χ2n) is 4.78. The van der Waals surface area contributed by atoms with E-state index in [2.05, 4.69) is 0 Å². The van der Waals surface area contributed by atoms with Gasteiger partial charge in [-0.05, 0) is 30.9 Å². The minimum Gasteiger partial charge on any atom is -0.478 e. The number of hydrogen-bond donors (Lipinski definition) is 1. The van der Waals surface area contributed by atoms with E-state index in [1.807, 2.05) is 0 Å². The molecule has 0 aromatic heterocycles. The van der Waals surface area contributed by atoms with Gasteiger partial charge < -0.3 is 5.11 Å². The summed E-state index contributed by atoms with van der Waals surface area (Å²) in [5, 5.41) is 8.83. The van der Waals surface area contributed by atoms with Crippen LogP contribution in [0.4, 0.5) is 0 Å². The van der Waals surface area contributed by atoms with Crippen LogP contribution in [0.1, 0.15) is 28.8 Å². The molecule has 0 unspecified atom stereocenters. The number of nitrogens with zero attached hydrogens (tertiary/aromatic N) is 1. The Labute approximate surface area is 112 Å². The van der Waals surface area contributed by atoms with Gasteiger partial charge in [0, 0.05) is 13.6 Å². The van der Waals surface area contributed by atoms with Crippen molar-refractivity contribution in [3.63, 3.8) is 0 Å². The molecule has 0 saturated heterocycles. The van der Waals surface area contributed by atoms with Crippen LogP contribution < -0.4 is 0 Å². The number of likely N-dealkylation sites (N-methyl/N-ethyl adjacent to an activating group) is 1. The molecule has 1 aliphatic carbocycles. The average Bonchev–Trinajstić information content (AvgIpc) is 3.20. The Hall–Kier alpha value is -1.40. The van der Waals surface area contributed by atoms with Gasteiger partial charge in [0.05, 0.1) is 10.8 Å². The van der Waals surface area contributed by atoms with E-state index in [4.69, 9.17) is 5.11 Å². The minimum absolute atomic E-state index is 0.229. The molecule has 0 bridgehead atoms. The maximum Gasteiger partial charge on any atom is 0.335 e. The number of benzene rings is 1. The zero-order valence-corrected chi connectivity index (χ0v) is 11.6. The van der Waals surface area contributed by atoms with Gasteiger partial charge in [-0.15, -0.1) is 0 Å². The highest BCUT2D eigenvalue weighted by Crippen LogP contribution is 2.30. The lowest BCUT2D eigenvalue weighted by atomic mass is 10.1. The third-order valence-corrected chi connectivity index (χ3v) is 5.69. The summed E-state index contributed by atoms with van der Waals surface area (Å²) in [5.41, 5.74) is 0.896. The fraction of sp³-hybridized carbons (Fsp3) is 0.462. The van der Waals surface area contributed by atoms with Crippen LogP contribution in [-0.2, 0) is 16.4 Å². The molecule has 0 radical (unpaired) electrons. The molecular weight excluding hydrogens is 266 g/mol. The van der Waals surface area contributed by atoms with Gasteiger partial charge in [-0.25, -0.2) is 17.5 Å². The van der Waals surface area contributed by atoms with Gasteiger partial charge in [0.15, 0.2) is 0 Å². The van der Waals surface area contributed by atoms with Crippen molar-refractivity contribution in [3.8, 4) is 0 Å². The molecule has 5 nitrogen and oxygen atoms in total. The van der Waals surface area contributed by atoms with Crippen LogP contribution in [0.25, 0.3) is 0 Å². The van der Waals surface area contributed by atoms with Crippen molar-refractivity contribution in [1.29, 1.82) is 0 Å². The molecule has 0 amide bonds. The fourth-order valence-corrected chi connectivity index (χ4v) is 3.56. The number of aromatic carboxylic acids is 1. The van der Waals surface area contributed by atoms with E-state index in [1.54, 1.807) is 25.2 Å². The molecule has 1 fully saturated rings. The SMILES string of the molecule is CN(CCc1ccccc1C(=O)O)S(=O)(=O)C1CC1. The maximum atomic E-state index is 11.9. The van der Waals surface area contributed by atoms with E-state index in [1.165, 1.54) is 10.4 Å². The predicted octanol–water partition coefficient (Wildman–Crippen LogP) is 1.35. The molecule has 0 atom stereocenters. The number of carboxylic acids is 1. The Morgan fingerprint density at radius 2 is 2.00 bits per heavy atom. The van der Waals surface area contributed by atoms with Crippen LogP contribution in [0, 0.1) is 0 Å². The van der Waals surface area contributed by atoms with E-state index >= 15 is 0 Å². The summed E-state index contributed by atoms with van der Waals surface area (Å²) in [6.07, 6.45) is 1.88. The van der Waals surface area contributed by atoms with Gasteiger partial charge in [0.2, 0.25) is 10.0 Å². The van der Waals surface area contributed by atoms with E-state index in [0.717, 1.165) is 12.8 Å². The number of carbonyl (C=O) groups is 1. The third-order valence-electron chi connectivity index (χ3n) is 3.32. The first-order valence-corrected chi connectivity index (χ1v) is 7.69. The summed E-state index contributed by atoms with van der Waals surface area (Å²) in [5.74, 6) is -0.983. The van der Waals surface area contributed by atoms with E-state index in [9.17, 15) is 13.2 Å². The second kappa shape index (κ2) is 5.30. The Morgan fingerprint density at radius 1 is 1.37 bits per heavy atom. The van der Waals surface area contributed by atoms with Crippen LogP contribution in [-0.4, -0.2) is 42.6 Å². The first kappa shape index (κ1) is 14.0. The molecule has 6 heteroatoms. The lowest BCUT2D eigenvalue weighted by molar-refractivity contribution is 0.0695. The smallest absolute Gasteiger partial charge is 0.335 e. The van der Waals surface area contributed by atoms with E-state index in [0.29, 0.717) is 18.5 Å². The summed E-state index contributed by atoms with van der Waals surface area (Å²) < 4.78 is 25.2. The molecule has 1 aliphatic rings. The Morgan fingerprint density at radius 3 is 2.58 bits per heavy atom. The fourth-order valence-electron chi connectivity index (χ4n) is 1.97. The minimum atomic E-state index is -3.18. The molecule has 0 spiro atoms. The molecule has 104 valence electrons. The van der Waals surface area contributed by atoms with Crippen molar-refractivity contribution in [2.24, 2.45) is 0 Å². The highest BCUT2D eigenvalue weighted by atomic mass is 32.2. The molecule has 1 N–H and O–H groups in total. The molecular formula is C13H17NO4S. The molecule has 1 aromatic rings. The number of carboxylic acid groups (broad SMARTS) is 1. The molecule has 19 heavy (non-hydrogen) atoms.